The summed E-state index contributed by atoms with van der Waals surface area (Å²) in [6, 6.07) is 7.26. The Bertz CT molecular complexity index is 1210. The van der Waals surface area contributed by atoms with E-state index in [4.69, 9.17) is 14.3 Å². The van der Waals surface area contributed by atoms with Crippen LogP contribution in [0, 0.1) is 5.82 Å². The molecular weight excluding hydrogens is 498 g/mol. The van der Waals surface area contributed by atoms with E-state index in [9.17, 15) is 23.6 Å². The summed E-state index contributed by atoms with van der Waals surface area (Å²) in [7, 11) is 0. The third-order valence-corrected chi connectivity index (χ3v) is 5.86. The number of halogens is 1. The molecule has 1 aromatic heterocycles. The number of amides is 3. The molecule has 2 N–H and O–H groups in total. The van der Waals surface area contributed by atoms with Crippen LogP contribution >= 0.6 is 0 Å². The molecule has 37 heavy (non-hydrogen) atoms. The molecule has 1 atom stereocenters. The fraction of sp³-hybridized carbons (Fsp3) is 0.333. The van der Waals surface area contributed by atoms with Crippen LogP contribution in [0.4, 0.5) is 20.6 Å². The van der Waals surface area contributed by atoms with E-state index in [1.54, 1.807) is 17.0 Å². The van der Waals surface area contributed by atoms with E-state index in [0.29, 0.717) is 37.6 Å². The number of carboxylic acids is 1. The number of rotatable bonds is 7. The van der Waals surface area contributed by atoms with Gasteiger partial charge in [-0.3, -0.25) is 14.5 Å². The van der Waals surface area contributed by atoms with Gasteiger partial charge in [0.15, 0.2) is 0 Å². The number of hydrogen-bond acceptors (Lipinski definition) is 7. The van der Waals surface area contributed by atoms with Gasteiger partial charge in [-0.05, 0) is 36.4 Å². The van der Waals surface area contributed by atoms with Crippen LogP contribution in [0.3, 0.4) is 0 Å². The van der Waals surface area contributed by atoms with Crippen molar-refractivity contribution in [2.24, 2.45) is 0 Å². The second-order valence-corrected chi connectivity index (χ2v) is 8.34. The molecule has 0 radical (unpaired) electrons. The zero-order chi connectivity index (χ0) is 25.8. The van der Waals surface area contributed by atoms with E-state index in [-0.39, 0.29) is 66.0 Å². The van der Waals surface area contributed by atoms with E-state index < -0.39 is 24.0 Å². The molecule has 11 nitrogen and oxygen atoms in total. The number of carbonyl (C=O) groups is 4. The fourth-order valence-corrected chi connectivity index (χ4v) is 4.00. The molecule has 13 heteroatoms. The second kappa shape index (κ2) is 12.3. The molecule has 0 aliphatic carbocycles. The Morgan fingerprint density at radius 2 is 1.89 bits per heavy atom. The Morgan fingerprint density at radius 3 is 2.51 bits per heavy atom. The molecule has 2 fully saturated rings. The van der Waals surface area contributed by atoms with Crippen LogP contribution in [-0.4, -0.2) is 109 Å². The van der Waals surface area contributed by atoms with Gasteiger partial charge in [0, 0.05) is 39.2 Å². The molecule has 2 aliphatic heterocycles. The Kier molecular flexibility index (Phi) is 9.35. The molecule has 2 aliphatic rings. The number of ether oxygens (including phenoxy) is 1. The van der Waals surface area contributed by atoms with Gasteiger partial charge in [0.25, 0.3) is 0 Å². The molecular formula is C24H26FN4NaO7. The molecule has 1 unspecified atom stereocenters. The zero-order valence-electron chi connectivity index (χ0n) is 19.5. The topological polar surface area (TPSA) is 133 Å². The number of aromatic carboxylic acids is 1. The van der Waals surface area contributed by atoms with Crippen molar-refractivity contribution in [2.75, 3.05) is 49.1 Å². The van der Waals surface area contributed by atoms with Gasteiger partial charge < -0.3 is 29.4 Å². The Labute approximate surface area is 234 Å². The summed E-state index contributed by atoms with van der Waals surface area (Å²) in [5, 5.41) is 11.5. The third-order valence-electron chi connectivity index (χ3n) is 5.86. The predicted molar refractivity (Wildman–Crippen MR) is 133 cm³/mol. The van der Waals surface area contributed by atoms with Crippen LogP contribution in [0.25, 0.3) is 6.08 Å². The van der Waals surface area contributed by atoms with Crippen LogP contribution in [0.1, 0.15) is 23.2 Å². The van der Waals surface area contributed by atoms with Crippen molar-refractivity contribution in [1.29, 1.82) is 0 Å². The van der Waals surface area contributed by atoms with Crippen LogP contribution in [0.2, 0.25) is 0 Å². The number of anilines is 2. The maximum absolute atomic E-state index is 15.0. The first-order chi connectivity index (χ1) is 17.2. The Morgan fingerprint density at radius 1 is 1.16 bits per heavy atom. The number of piperazine rings is 1. The number of nitrogens with zero attached hydrogens (tertiary/aromatic N) is 3. The van der Waals surface area contributed by atoms with Gasteiger partial charge in [-0.25, -0.2) is 14.0 Å². The van der Waals surface area contributed by atoms with Crippen molar-refractivity contribution in [3.05, 3.63) is 53.7 Å². The van der Waals surface area contributed by atoms with Crippen molar-refractivity contribution in [2.45, 2.75) is 13.0 Å². The monoisotopic (exact) mass is 524 g/mol. The summed E-state index contributed by atoms with van der Waals surface area (Å²) in [6.45, 7) is 3.30. The minimum absolute atomic E-state index is 0. The van der Waals surface area contributed by atoms with Crippen LogP contribution in [0.15, 0.2) is 40.8 Å². The van der Waals surface area contributed by atoms with Crippen molar-refractivity contribution in [3.8, 4) is 0 Å². The minimum atomic E-state index is -1.19. The molecule has 192 valence electrons. The van der Waals surface area contributed by atoms with Gasteiger partial charge in [-0.15, -0.1) is 0 Å². The summed E-state index contributed by atoms with van der Waals surface area (Å²) in [5.74, 6) is -2.15. The quantitative estimate of drug-likeness (QED) is 0.409. The molecule has 3 heterocycles. The van der Waals surface area contributed by atoms with Crippen molar-refractivity contribution in [3.63, 3.8) is 0 Å². The van der Waals surface area contributed by atoms with Gasteiger partial charge in [0.2, 0.25) is 17.6 Å². The number of carboxylic acid groups (broad SMARTS) is 1. The average molecular weight is 524 g/mol. The van der Waals surface area contributed by atoms with E-state index >= 15 is 0 Å². The van der Waals surface area contributed by atoms with Crippen molar-refractivity contribution >= 4 is 70.9 Å². The molecule has 3 amide bonds. The zero-order valence-corrected chi connectivity index (χ0v) is 19.5. The summed E-state index contributed by atoms with van der Waals surface area (Å²) in [4.78, 5) is 51.3. The molecule has 2 aromatic rings. The van der Waals surface area contributed by atoms with Gasteiger partial charge in [0.05, 0.1) is 24.5 Å². The molecule has 0 spiro atoms. The normalized spacial score (nSPS) is 17.5. The SMILES string of the molecule is CC(=O)NCC1CN(c2ccc(N3CCN(C(=O)C=Cc4ccc(C(=O)O)o4)CC3)c(F)c2)C(=O)O1.[NaH]. The van der Waals surface area contributed by atoms with E-state index in [0.717, 1.165) is 0 Å². The van der Waals surface area contributed by atoms with Crippen LogP contribution < -0.4 is 15.1 Å². The van der Waals surface area contributed by atoms with Crippen molar-refractivity contribution < 1.29 is 37.8 Å². The molecule has 1 aromatic carbocycles. The Balaban J connectivity index is 0.00000380. The fourth-order valence-electron chi connectivity index (χ4n) is 4.00. The first-order valence-electron chi connectivity index (χ1n) is 11.3. The number of cyclic esters (lactones) is 1. The van der Waals surface area contributed by atoms with Gasteiger partial charge in [-0.1, -0.05) is 0 Å². The number of furan rings is 1. The van der Waals surface area contributed by atoms with Crippen LogP contribution in [0.5, 0.6) is 0 Å². The average Bonchev–Trinajstić information content (AvgIpc) is 3.48. The second-order valence-electron chi connectivity index (χ2n) is 8.34. The Hall–Kier alpha value is -3.35. The van der Waals surface area contributed by atoms with Gasteiger partial charge >= 0.3 is 41.6 Å². The summed E-state index contributed by atoms with van der Waals surface area (Å²) in [6.07, 6.45) is 1.59. The summed E-state index contributed by atoms with van der Waals surface area (Å²) < 4.78 is 25.3. The first kappa shape index (κ1) is 28.2. The van der Waals surface area contributed by atoms with Gasteiger partial charge in [-0.2, -0.15) is 0 Å². The number of carbonyl (C=O) groups excluding carboxylic acids is 3. The number of benzene rings is 1. The van der Waals surface area contributed by atoms with Crippen molar-refractivity contribution in [1.82, 2.24) is 10.2 Å². The standard InChI is InChI=1S/C24H25FN4O7.Na.H/c1-15(30)26-13-18-14-29(24(34)36-18)16-2-5-20(19(25)12-16)27-8-10-28(11-9-27)22(31)7-4-17-3-6-21(35-17)23(32)33;;/h2-7,12,18H,8-11,13-14H2,1H3,(H,26,30)(H,32,33);;. The summed E-state index contributed by atoms with van der Waals surface area (Å²) in [5.41, 5.74) is 0.718. The summed E-state index contributed by atoms with van der Waals surface area (Å²) >= 11 is 0. The number of hydrogen-bond donors (Lipinski definition) is 2. The maximum atomic E-state index is 15.0. The molecule has 0 bridgehead atoms. The predicted octanol–water partition coefficient (Wildman–Crippen LogP) is 1.29. The van der Waals surface area contributed by atoms with Gasteiger partial charge in [0.1, 0.15) is 17.7 Å². The van der Waals surface area contributed by atoms with E-state index in [2.05, 4.69) is 5.32 Å². The first-order valence-corrected chi connectivity index (χ1v) is 11.3. The third kappa shape index (κ3) is 6.90. The molecule has 2 saturated heterocycles. The number of nitrogens with one attached hydrogen (secondary N) is 1. The molecule has 4 rings (SSSR count). The van der Waals surface area contributed by atoms with Crippen LogP contribution in [-0.2, 0) is 14.3 Å². The van der Waals surface area contributed by atoms with E-state index in [1.165, 1.54) is 42.2 Å². The van der Waals surface area contributed by atoms with E-state index in [1.807, 2.05) is 4.90 Å². The molecule has 0 saturated carbocycles.